The molecule has 0 spiro atoms. The molecule has 1 fully saturated rings. The van der Waals surface area contributed by atoms with Gasteiger partial charge in [0.1, 0.15) is 0 Å². The molecule has 1 aliphatic rings. The van der Waals surface area contributed by atoms with Crippen molar-refractivity contribution in [2.24, 2.45) is 5.92 Å². The van der Waals surface area contributed by atoms with E-state index in [0.717, 1.165) is 45.9 Å². The predicted molar refractivity (Wildman–Crippen MR) is 79.8 cm³/mol. The Morgan fingerprint density at radius 3 is 2.95 bits per heavy atom. The lowest BCUT2D eigenvalue weighted by atomic mass is 10.2. The highest BCUT2D eigenvalue weighted by atomic mass is 16.5. The van der Waals surface area contributed by atoms with Crippen molar-refractivity contribution >= 4 is 5.91 Å². The van der Waals surface area contributed by atoms with Gasteiger partial charge in [0, 0.05) is 38.7 Å². The van der Waals surface area contributed by atoms with Gasteiger partial charge in [-0.1, -0.05) is 27.2 Å². The Morgan fingerprint density at radius 1 is 1.45 bits per heavy atom. The summed E-state index contributed by atoms with van der Waals surface area (Å²) in [5, 5.41) is 2.93. The quantitative estimate of drug-likeness (QED) is 0.649. The summed E-state index contributed by atoms with van der Waals surface area (Å²) in [6, 6.07) is 0. The van der Waals surface area contributed by atoms with Crippen LogP contribution in [-0.2, 0) is 14.3 Å². The number of morpholine rings is 1. The van der Waals surface area contributed by atoms with Crippen molar-refractivity contribution in [1.82, 2.24) is 10.2 Å². The topological polar surface area (TPSA) is 50.8 Å². The minimum absolute atomic E-state index is 0.0293. The van der Waals surface area contributed by atoms with Gasteiger partial charge in [-0.15, -0.1) is 0 Å². The van der Waals surface area contributed by atoms with Crippen LogP contribution in [0.25, 0.3) is 0 Å². The Hall–Kier alpha value is -0.650. The summed E-state index contributed by atoms with van der Waals surface area (Å²) in [5.41, 5.74) is 0. The smallest absolute Gasteiger partial charge is 0.222 e. The first kappa shape index (κ1) is 17.4. The van der Waals surface area contributed by atoms with E-state index in [-0.39, 0.29) is 17.9 Å². The summed E-state index contributed by atoms with van der Waals surface area (Å²) in [4.78, 5) is 13.9. The van der Waals surface area contributed by atoms with Gasteiger partial charge in [0.2, 0.25) is 5.91 Å². The van der Waals surface area contributed by atoms with E-state index >= 15 is 0 Å². The average molecular weight is 286 g/mol. The third kappa shape index (κ3) is 7.22. The Morgan fingerprint density at radius 2 is 2.25 bits per heavy atom. The first-order chi connectivity index (χ1) is 9.63. The van der Waals surface area contributed by atoms with E-state index in [9.17, 15) is 4.79 Å². The maximum absolute atomic E-state index is 11.5. The van der Waals surface area contributed by atoms with Crippen molar-refractivity contribution in [3.05, 3.63) is 0 Å². The van der Waals surface area contributed by atoms with E-state index in [0.29, 0.717) is 6.54 Å². The summed E-state index contributed by atoms with van der Waals surface area (Å²) in [5.74, 6) is 0.121. The molecule has 0 aliphatic carbocycles. The molecule has 118 valence electrons. The monoisotopic (exact) mass is 286 g/mol. The molecule has 5 nitrogen and oxygen atoms in total. The molecule has 1 aliphatic heterocycles. The number of amides is 1. The van der Waals surface area contributed by atoms with Crippen molar-refractivity contribution in [3.8, 4) is 0 Å². The molecule has 0 bridgehead atoms. The summed E-state index contributed by atoms with van der Waals surface area (Å²) >= 11 is 0. The number of hydrogen-bond donors (Lipinski definition) is 1. The third-order valence-corrected chi connectivity index (χ3v) is 3.45. The molecule has 20 heavy (non-hydrogen) atoms. The Bertz CT molecular complexity index is 272. The maximum Gasteiger partial charge on any atom is 0.222 e. The number of hydrogen-bond acceptors (Lipinski definition) is 4. The highest BCUT2D eigenvalue weighted by Gasteiger charge is 2.21. The van der Waals surface area contributed by atoms with Crippen molar-refractivity contribution in [1.29, 1.82) is 0 Å². The standard InChI is InChI=1S/C15H30N2O3/c1-4-5-8-19-9-6-17-7-10-20-14(12-17)11-16-15(18)13(2)3/h13-14H,4-12H2,1-3H3,(H,16,18). The number of carbonyl (C=O) groups excluding carboxylic acids is 1. The van der Waals surface area contributed by atoms with E-state index in [2.05, 4.69) is 17.1 Å². The van der Waals surface area contributed by atoms with Gasteiger partial charge in [0.25, 0.3) is 0 Å². The normalized spacial score (nSPS) is 20.3. The summed E-state index contributed by atoms with van der Waals surface area (Å²) in [6.07, 6.45) is 2.41. The fraction of sp³-hybridized carbons (Fsp3) is 0.933. The van der Waals surface area contributed by atoms with Gasteiger partial charge in [0.15, 0.2) is 0 Å². The molecule has 1 N–H and O–H groups in total. The van der Waals surface area contributed by atoms with Crippen molar-refractivity contribution in [3.63, 3.8) is 0 Å². The first-order valence-electron chi connectivity index (χ1n) is 7.83. The summed E-state index contributed by atoms with van der Waals surface area (Å²) in [6.45, 7) is 11.7. The number of nitrogens with one attached hydrogen (secondary N) is 1. The van der Waals surface area contributed by atoms with E-state index < -0.39 is 0 Å². The largest absolute Gasteiger partial charge is 0.380 e. The second-order valence-electron chi connectivity index (χ2n) is 5.66. The number of rotatable bonds is 9. The highest BCUT2D eigenvalue weighted by molar-refractivity contribution is 5.77. The second-order valence-corrected chi connectivity index (χ2v) is 5.66. The van der Waals surface area contributed by atoms with Crippen LogP contribution in [0, 0.1) is 5.92 Å². The van der Waals surface area contributed by atoms with Crippen LogP contribution in [0.4, 0.5) is 0 Å². The Labute approximate surface area is 123 Å². The van der Waals surface area contributed by atoms with Gasteiger partial charge < -0.3 is 14.8 Å². The number of unbranched alkanes of at least 4 members (excludes halogenated alkanes) is 1. The molecule has 1 unspecified atom stereocenters. The molecule has 0 aromatic heterocycles. The van der Waals surface area contributed by atoms with Crippen LogP contribution in [0.2, 0.25) is 0 Å². The van der Waals surface area contributed by atoms with Gasteiger partial charge >= 0.3 is 0 Å². The van der Waals surface area contributed by atoms with E-state index in [1.165, 1.54) is 6.42 Å². The minimum Gasteiger partial charge on any atom is -0.380 e. The molecule has 0 aromatic carbocycles. The molecular weight excluding hydrogens is 256 g/mol. The average Bonchev–Trinajstić information content (AvgIpc) is 2.45. The molecular formula is C15H30N2O3. The molecule has 0 aromatic rings. The first-order valence-corrected chi connectivity index (χ1v) is 7.83. The van der Waals surface area contributed by atoms with Gasteiger partial charge in [-0.3, -0.25) is 9.69 Å². The zero-order chi connectivity index (χ0) is 14.8. The number of nitrogens with zero attached hydrogens (tertiary/aromatic N) is 1. The van der Waals surface area contributed by atoms with Crippen LogP contribution in [0.15, 0.2) is 0 Å². The zero-order valence-electron chi connectivity index (χ0n) is 13.2. The third-order valence-electron chi connectivity index (χ3n) is 3.45. The minimum atomic E-state index is 0.0293. The fourth-order valence-electron chi connectivity index (χ4n) is 2.07. The Kier molecular flexibility index (Phi) is 8.82. The van der Waals surface area contributed by atoms with Crippen LogP contribution in [0.1, 0.15) is 33.6 Å². The van der Waals surface area contributed by atoms with Crippen LogP contribution in [0.3, 0.4) is 0 Å². The molecule has 1 rings (SSSR count). The van der Waals surface area contributed by atoms with E-state index in [1.807, 2.05) is 13.8 Å². The van der Waals surface area contributed by atoms with Crippen LogP contribution >= 0.6 is 0 Å². The molecule has 5 heteroatoms. The lowest BCUT2D eigenvalue weighted by Gasteiger charge is -2.33. The van der Waals surface area contributed by atoms with Crippen LogP contribution in [0.5, 0.6) is 0 Å². The zero-order valence-corrected chi connectivity index (χ0v) is 13.2. The molecule has 0 saturated carbocycles. The molecule has 0 radical (unpaired) electrons. The highest BCUT2D eigenvalue weighted by Crippen LogP contribution is 2.05. The van der Waals surface area contributed by atoms with E-state index in [1.54, 1.807) is 0 Å². The van der Waals surface area contributed by atoms with Crippen LogP contribution in [-0.4, -0.2) is 62.9 Å². The summed E-state index contributed by atoms with van der Waals surface area (Å²) in [7, 11) is 0. The lowest BCUT2D eigenvalue weighted by molar-refractivity contribution is -0.125. The lowest BCUT2D eigenvalue weighted by Crippen LogP contribution is -2.48. The maximum atomic E-state index is 11.5. The molecule has 1 atom stereocenters. The van der Waals surface area contributed by atoms with Crippen molar-refractivity contribution in [2.45, 2.75) is 39.7 Å². The molecule has 1 amide bonds. The van der Waals surface area contributed by atoms with E-state index in [4.69, 9.17) is 9.47 Å². The van der Waals surface area contributed by atoms with Crippen molar-refractivity contribution in [2.75, 3.05) is 46.0 Å². The van der Waals surface area contributed by atoms with Gasteiger partial charge in [-0.25, -0.2) is 0 Å². The number of ether oxygens (including phenoxy) is 2. The van der Waals surface area contributed by atoms with Crippen LogP contribution < -0.4 is 5.32 Å². The van der Waals surface area contributed by atoms with Gasteiger partial charge in [-0.2, -0.15) is 0 Å². The van der Waals surface area contributed by atoms with Gasteiger partial charge in [0.05, 0.1) is 19.3 Å². The molecule has 1 heterocycles. The second kappa shape index (κ2) is 10.1. The Balaban J connectivity index is 2.13. The summed E-state index contributed by atoms with van der Waals surface area (Å²) < 4.78 is 11.3. The predicted octanol–water partition coefficient (Wildman–Crippen LogP) is 1.28. The van der Waals surface area contributed by atoms with Crippen molar-refractivity contribution < 1.29 is 14.3 Å². The fourth-order valence-corrected chi connectivity index (χ4v) is 2.07. The number of carbonyl (C=O) groups is 1. The SMILES string of the molecule is CCCCOCCN1CCOC(CNC(=O)C(C)C)C1. The van der Waals surface area contributed by atoms with Gasteiger partial charge in [-0.05, 0) is 6.42 Å². The molecule has 1 saturated heterocycles.